The number of anilines is 2. The first-order valence-electron chi connectivity index (χ1n) is 8.57. The summed E-state index contributed by atoms with van der Waals surface area (Å²) >= 11 is 0. The zero-order chi connectivity index (χ0) is 17.6. The van der Waals surface area contributed by atoms with Crippen LogP contribution in [0.1, 0.15) is 31.4 Å². The molecule has 1 aromatic carbocycles. The van der Waals surface area contributed by atoms with Gasteiger partial charge >= 0.3 is 6.03 Å². The molecule has 0 radical (unpaired) electrons. The van der Waals surface area contributed by atoms with Gasteiger partial charge in [0.25, 0.3) is 0 Å². The highest BCUT2D eigenvalue weighted by Crippen LogP contribution is 2.24. The van der Waals surface area contributed by atoms with E-state index in [-0.39, 0.29) is 6.03 Å². The lowest BCUT2D eigenvalue weighted by Crippen LogP contribution is -2.22. The molecule has 0 saturated carbocycles. The number of amides is 2. The molecular formula is C18H24N4O3. The highest BCUT2D eigenvalue weighted by atomic mass is 16.5. The Morgan fingerprint density at radius 2 is 2.12 bits per heavy atom. The molecule has 2 amide bonds. The predicted octanol–water partition coefficient (Wildman–Crippen LogP) is 3.45. The Hall–Kier alpha value is -2.54. The lowest BCUT2D eigenvalue weighted by atomic mass is 10.1. The maximum atomic E-state index is 12.2. The lowest BCUT2D eigenvalue weighted by molar-refractivity contribution is 0.0663. The van der Waals surface area contributed by atoms with E-state index in [9.17, 15) is 4.79 Å². The molecule has 2 heterocycles. The zero-order valence-electron chi connectivity index (χ0n) is 14.6. The molecule has 0 atom stereocenters. The van der Waals surface area contributed by atoms with Crippen LogP contribution in [0.4, 0.5) is 16.3 Å². The summed E-state index contributed by atoms with van der Waals surface area (Å²) in [7, 11) is 1.63. The van der Waals surface area contributed by atoms with Crippen molar-refractivity contribution in [2.75, 3.05) is 31.0 Å². The number of ether oxygens (including phenoxy) is 2. The highest BCUT2D eigenvalue weighted by Gasteiger charge is 2.17. The molecule has 0 aliphatic carbocycles. The van der Waals surface area contributed by atoms with Crippen LogP contribution in [0.25, 0.3) is 0 Å². The van der Waals surface area contributed by atoms with Gasteiger partial charge in [0.2, 0.25) is 0 Å². The molecule has 1 aliphatic rings. The van der Waals surface area contributed by atoms with Crippen molar-refractivity contribution in [2.45, 2.75) is 32.2 Å². The van der Waals surface area contributed by atoms with Gasteiger partial charge < -0.3 is 14.8 Å². The van der Waals surface area contributed by atoms with E-state index in [0.717, 1.165) is 43.8 Å². The number of aromatic nitrogens is 2. The number of carbonyl (C=O) groups excluding carboxylic acids is 1. The number of rotatable bonds is 5. The third-order valence-electron chi connectivity index (χ3n) is 4.34. The Morgan fingerprint density at radius 3 is 2.84 bits per heavy atom. The van der Waals surface area contributed by atoms with Crippen LogP contribution in [-0.2, 0) is 11.2 Å². The lowest BCUT2D eigenvalue weighted by Gasteiger charge is -2.22. The van der Waals surface area contributed by atoms with Gasteiger partial charge in [0.05, 0.1) is 13.2 Å². The van der Waals surface area contributed by atoms with Crippen LogP contribution in [0, 0.1) is 0 Å². The summed E-state index contributed by atoms with van der Waals surface area (Å²) < 4.78 is 12.6. The van der Waals surface area contributed by atoms with Crippen molar-refractivity contribution in [2.24, 2.45) is 0 Å². The zero-order valence-corrected chi connectivity index (χ0v) is 14.6. The van der Waals surface area contributed by atoms with Crippen molar-refractivity contribution in [1.82, 2.24) is 9.78 Å². The first-order valence-corrected chi connectivity index (χ1v) is 8.57. The fourth-order valence-corrected chi connectivity index (χ4v) is 2.95. The van der Waals surface area contributed by atoms with E-state index in [1.54, 1.807) is 13.2 Å². The molecule has 134 valence electrons. The van der Waals surface area contributed by atoms with E-state index < -0.39 is 0 Å². The van der Waals surface area contributed by atoms with E-state index in [1.807, 2.05) is 29.1 Å². The first-order chi connectivity index (χ1) is 12.2. The molecule has 1 aliphatic heterocycles. The average molecular weight is 344 g/mol. The number of aryl methyl sites for hydroxylation is 1. The van der Waals surface area contributed by atoms with Crippen molar-refractivity contribution in [3.8, 4) is 5.75 Å². The van der Waals surface area contributed by atoms with E-state index >= 15 is 0 Å². The van der Waals surface area contributed by atoms with Crippen molar-refractivity contribution in [1.29, 1.82) is 0 Å². The molecule has 7 heteroatoms. The molecule has 2 aromatic rings. The maximum absolute atomic E-state index is 12.2. The minimum Gasteiger partial charge on any atom is -0.496 e. The van der Waals surface area contributed by atoms with Crippen LogP contribution < -0.4 is 15.4 Å². The molecule has 0 unspecified atom stereocenters. The van der Waals surface area contributed by atoms with Gasteiger partial charge in [-0.1, -0.05) is 13.0 Å². The van der Waals surface area contributed by atoms with Crippen LogP contribution in [0.5, 0.6) is 5.75 Å². The van der Waals surface area contributed by atoms with Gasteiger partial charge in [0.15, 0.2) is 5.82 Å². The number of hydrogen-bond donors (Lipinski definition) is 2. The van der Waals surface area contributed by atoms with Crippen molar-refractivity contribution in [3.63, 3.8) is 0 Å². The predicted molar refractivity (Wildman–Crippen MR) is 96.3 cm³/mol. The Labute approximate surface area is 147 Å². The highest BCUT2D eigenvalue weighted by molar-refractivity contribution is 5.99. The summed E-state index contributed by atoms with van der Waals surface area (Å²) in [5, 5.41) is 10.0. The third-order valence-corrected chi connectivity index (χ3v) is 4.34. The molecule has 3 rings (SSSR count). The summed E-state index contributed by atoms with van der Waals surface area (Å²) in [5.74, 6) is 1.30. The van der Waals surface area contributed by atoms with Crippen molar-refractivity contribution in [3.05, 3.63) is 36.0 Å². The van der Waals surface area contributed by atoms with Gasteiger partial charge in [-0.2, -0.15) is 5.10 Å². The second-order valence-electron chi connectivity index (χ2n) is 5.98. The van der Waals surface area contributed by atoms with E-state index in [4.69, 9.17) is 9.47 Å². The summed E-state index contributed by atoms with van der Waals surface area (Å²) in [6, 6.07) is 7.44. The van der Waals surface area contributed by atoms with E-state index in [0.29, 0.717) is 17.5 Å². The van der Waals surface area contributed by atoms with Gasteiger partial charge in [-0.15, -0.1) is 0 Å². The molecule has 2 N–H and O–H groups in total. The molecule has 7 nitrogen and oxygen atoms in total. The van der Waals surface area contributed by atoms with Gasteiger partial charge in [-0.25, -0.2) is 4.79 Å². The van der Waals surface area contributed by atoms with Crippen LogP contribution >= 0.6 is 0 Å². The van der Waals surface area contributed by atoms with Gasteiger partial charge in [-0.05, 0) is 30.9 Å². The molecular weight excluding hydrogens is 320 g/mol. The van der Waals surface area contributed by atoms with Crippen LogP contribution in [0.3, 0.4) is 0 Å². The van der Waals surface area contributed by atoms with Gasteiger partial charge in [0.1, 0.15) is 5.75 Å². The van der Waals surface area contributed by atoms with E-state index in [1.165, 1.54) is 0 Å². The van der Waals surface area contributed by atoms with Crippen LogP contribution in [-0.4, -0.2) is 36.1 Å². The Bertz CT molecular complexity index is 723. The number of nitrogens with one attached hydrogen (secondary N) is 2. The smallest absolute Gasteiger partial charge is 0.324 e. The number of benzene rings is 1. The number of nitrogens with zero attached hydrogens (tertiary/aromatic N) is 2. The molecule has 1 aromatic heterocycles. The van der Waals surface area contributed by atoms with Gasteiger partial charge in [-0.3, -0.25) is 10.00 Å². The largest absolute Gasteiger partial charge is 0.496 e. The van der Waals surface area contributed by atoms with Gasteiger partial charge in [0, 0.05) is 37.2 Å². The fraction of sp³-hybridized carbons (Fsp3) is 0.444. The molecule has 1 fully saturated rings. The third kappa shape index (κ3) is 4.30. The first kappa shape index (κ1) is 17.3. The molecule has 25 heavy (non-hydrogen) atoms. The molecule has 0 bridgehead atoms. The topological polar surface area (TPSA) is 77.4 Å². The second-order valence-corrected chi connectivity index (χ2v) is 5.98. The number of hydrogen-bond acceptors (Lipinski definition) is 4. The maximum Gasteiger partial charge on any atom is 0.324 e. The summed E-state index contributed by atoms with van der Waals surface area (Å²) in [6.45, 7) is 3.57. The normalized spacial score (nSPS) is 15.0. The summed E-state index contributed by atoms with van der Waals surface area (Å²) in [4.78, 5) is 12.2. The van der Waals surface area contributed by atoms with Crippen molar-refractivity contribution < 1.29 is 14.3 Å². The number of urea groups is 1. The minimum atomic E-state index is -0.330. The summed E-state index contributed by atoms with van der Waals surface area (Å²) in [5.41, 5.74) is 1.78. The Kier molecular flexibility index (Phi) is 5.55. The fourth-order valence-electron chi connectivity index (χ4n) is 2.95. The van der Waals surface area contributed by atoms with E-state index in [2.05, 4.69) is 22.7 Å². The molecule has 1 saturated heterocycles. The average Bonchev–Trinajstić information content (AvgIpc) is 3.10. The standard InChI is InChI=1S/C18H24N4O3/c1-3-13-4-5-14(12-16(13)24-2)19-18(23)20-17-6-9-22(21-17)15-7-10-25-11-8-15/h4-6,9,12,15H,3,7-8,10-11H2,1-2H3,(H2,19,20,21,23). The Balaban J connectivity index is 1.60. The quantitative estimate of drug-likeness (QED) is 0.871. The van der Waals surface area contributed by atoms with Crippen molar-refractivity contribution >= 4 is 17.5 Å². The number of methoxy groups -OCH3 is 1. The number of carbonyl (C=O) groups is 1. The Morgan fingerprint density at radius 1 is 1.32 bits per heavy atom. The minimum absolute atomic E-state index is 0.330. The van der Waals surface area contributed by atoms with Crippen LogP contribution in [0.2, 0.25) is 0 Å². The summed E-state index contributed by atoms with van der Waals surface area (Å²) in [6.07, 6.45) is 4.65. The second kappa shape index (κ2) is 8.02. The van der Waals surface area contributed by atoms with Crippen LogP contribution in [0.15, 0.2) is 30.5 Å². The SMILES string of the molecule is CCc1ccc(NC(=O)Nc2ccn(C3CCOCC3)n2)cc1OC. The monoisotopic (exact) mass is 344 g/mol. The molecule has 0 spiro atoms.